The van der Waals surface area contributed by atoms with Crippen molar-refractivity contribution < 1.29 is 4.79 Å². The maximum absolute atomic E-state index is 12.0. The first-order valence-electron chi connectivity index (χ1n) is 8.46. The van der Waals surface area contributed by atoms with E-state index in [1.165, 1.54) is 0 Å². The van der Waals surface area contributed by atoms with Gasteiger partial charge in [-0.1, -0.05) is 6.92 Å². The third-order valence-electron chi connectivity index (χ3n) is 4.29. The molecule has 3 heterocycles. The number of aryl methyl sites for hydroxylation is 3. The number of hydrogen-bond donors (Lipinski definition) is 2. The zero-order valence-electron chi connectivity index (χ0n) is 14.5. The number of hydrogen-bond acceptors (Lipinski definition) is 4. The second-order valence-electron chi connectivity index (χ2n) is 6.57. The zero-order chi connectivity index (χ0) is 17.1. The Bertz CT molecular complexity index is 718. The lowest BCUT2D eigenvalue weighted by atomic mass is 10.2. The predicted molar refractivity (Wildman–Crippen MR) is 89.4 cm³/mol. The van der Waals surface area contributed by atoms with Crippen molar-refractivity contribution in [1.82, 2.24) is 35.2 Å². The van der Waals surface area contributed by atoms with E-state index >= 15 is 0 Å². The number of nitrogens with zero attached hydrogens (tertiary/aromatic N) is 5. The van der Waals surface area contributed by atoms with E-state index in [0.717, 1.165) is 49.0 Å². The van der Waals surface area contributed by atoms with Crippen LogP contribution < -0.4 is 10.6 Å². The SMILES string of the molecule is Cc1cc(C)n(CC(C)CNC(=O)NCc2nnc3n2CCC3)n1. The summed E-state index contributed by atoms with van der Waals surface area (Å²) in [5, 5.41) is 18.5. The minimum absolute atomic E-state index is 0.175. The van der Waals surface area contributed by atoms with Gasteiger partial charge in [0.05, 0.1) is 12.2 Å². The molecular weight excluding hydrogens is 306 g/mol. The van der Waals surface area contributed by atoms with Crippen molar-refractivity contribution in [2.24, 2.45) is 5.92 Å². The summed E-state index contributed by atoms with van der Waals surface area (Å²) < 4.78 is 4.07. The Morgan fingerprint density at radius 2 is 2.17 bits per heavy atom. The van der Waals surface area contributed by atoms with E-state index in [1.807, 2.05) is 18.5 Å². The molecule has 1 aliphatic rings. The predicted octanol–water partition coefficient (Wildman–Crippen LogP) is 1.17. The van der Waals surface area contributed by atoms with Crippen LogP contribution in [-0.4, -0.2) is 37.1 Å². The highest BCUT2D eigenvalue weighted by molar-refractivity contribution is 5.73. The van der Waals surface area contributed by atoms with Gasteiger partial charge in [-0.2, -0.15) is 5.10 Å². The molecule has 2 aromatic heterocycles. The second kappa shape index (κ2) is 7.02. The molecule has 8 nitrogen and oxygen atoms in total. The first-order valence-corrected chi connectivity index (χ1v) is 8.46. The number of carbonyl (C=O) groups excluding carboxylic acids is 1. The molecule has 3 rings (SSSR count). The Morgan fingerprint density at radius 1 is 1.33 bits per heavy atom. The number of fused-ring (bicyclic) bond motifs is 1. The average Bonchev–Trinajstić information content (AvgIpc) is 3.20. The number of carbonyl (C=O) groups is 1. The summed E-state index contributed by atoms with van der Waals surface area (Å²) in [4.78, 5) is 12.0. The van der Waals surface area contributed by atoms with Crippen molar-refractivity contribution in [1.29, 1.82) is 0 Å². The van der Waals surface area contributed by atoms with Gasteiger partial charge in [-0.25, -0.2) is 4.79 Å². The lowest BCUT2D eigenvalue weighted by Crippen LogP contribution is -2.38. The smallest absolute Gasteiger partial charge is 0.315 e. The molecule has 2 aromatic rings. The molecule has 1 aliphatic heterocycles. The van der Waals surface area contributed by atoms with Gasteiger partial charge < -0.3 is 15.2 Å². The first kappa shape index (κ1) is 16.5. The fourth-order valence-corrected chi connectivity index (χ4v) is 3.05. The molecule has 1 unspecified atom stereocenters. The van der Waals surface area contributed by atoms with Crippen molar-refractivity contribution in [3.05, 3.63) is 29.1 Å². The molecule has 0 aromatic carbocycles. The molecule has 0 bridgehead atoms. The monoisotopic (exact) mass is 331 g/mol. The molecule has 2 N–H and O–H groups in total. The van der Waals surface area contributed by atoms with Crippen LogP contribution in [0.2, 0.25) is 0 Å². The van der Waals surface area contributed by atoms with Crippen molar-refractivity contribution >= 4 is 6.03 Å². The van der Waals surface area contributed by atoms with E-state index in [-0.39, 0.29) is 6.03 Å². The molecule has 0 saturated heterocycles. The Balaban J connectivity index is 1.41. The van der Waals surface area contributed by atoms with Crippen LogP contribution >= 0.6 is 0 Å². The van der Waals surface area contributed by atoms with Gasteiger partial charge in [0, 0.05) is 31.7 Å². The van der Waals surface area contributed by atoms with Crippen molar-refractivity contribution in [2.75, 3.05) is 6.54 Å². The van der Waals surface area contributed by atoms with Crippen LogP contribution in [0, 0.1) is 19.8 Å². The van der Waals surface area contributed by atoms with Crippen LogP contribution in [0.5, 0.6) is 0 Å². The summed E-state index contributed by atoms with van der Waals surface area (Å²) in [5.41, 5.74) is 2.16. The minimum Gasteiger partial charge on any atom is -0.338 e. The normalized spacial score (nSPS) is 14.5. The fourth-order valence-electron chi connectivity index (χ4n) is 3.05. The molecule has 130 valence electrons. The van der Waals surface area contributed by atoms with Gasteiger partial charge in [0.1, 0.15) is 5.82 Å². The summed E-state index contributed by atoms with van der Waals surface area (Å²) in [6.45, 7) is 8.87. The van der Waals surface area contributed by atoms with Crippen molar-refractivity contribution in [3.8, 4) is 0 Å². The molecule has 0 radical (unpaired) electrons. The molecule has 0 fully saturated rings. The Kier molecular flexibility index (Phi) is 4.82. The fraction of sp³-hybridized carbons (Fsp3) is 0.625. The third-order valence-corrected chi connectivity index (χ3v) is 4.29. The Hall–Kier alpha value is -2.38. The second-order valence-corrected chi connectivity index (χ2v) is 6.57. The lowest BCUT2D eigenvalue weighted by molar-refractivity contribution is 0.237. The van der Waals surface area contributed by atoms with Crippen molar-refractivity contribution in [3.63, 3.8) is 0 Å². The third kappa shape index (κ3) is 3.74. The highest BCUT2D eigenvalue weighted by Gasteiger charge is 2.17. The molecule has 0 saturated carbocycles. The molecule has 0 spiro atoms. The van der Waals surface area contributed by atoms with Gasteiger partial charge >= 0.3 is 6.03 Å². The largest absolute Gasteiger partial charge is 0.338 e. The molecule has 24 heavy (non-hydrogen) atoms. The summed E-state index contributed by atoms with van der Waals surface area (Å²) in [5.74, 6) is 2.14. The van der Waals surface area contributed by atoms with E-state index in [2.05, 4.69) is 43.5 Å². The van der Waals surface area contributed by atoms with Gasteiger partial charge in [-0.3, -0.25) is 4.68 Å². The Morgan fingerprint density at radius 3 is 2.92 bits per heavy atom. The maximum Gasteiger partial charge on any atom is 0.315 e. The zero-order valence-corrected chi connectivity index (χ0v) is 14.5. The van der Waals surface area contributed by atoms with Crippen LogP contribution in [0.15, 0.2) is 6.07 Å². The van der Waals surface area contributed by atoms with E-state index in [9.17, 15) is 4.79 Å². The van der Waals surface area contributed by atoms with Crippen LogP contribution in [0.4, 0.5) is 4.79 Å². The lowest BCUT2D eigenvalue weighted by Gasteiger charge is -2.14. The number of rotatable bonds is 6. The molecule has 0 aliphatic carbocycles. The van der Waals surface area contributed by atoms with Crippen LogP contribution in [0.1, 0.15) is 36.4 Å². The molecule has 8 heteroatoms. The van der Waals surface area contributed by atoms with Crippen LogP contribution in [0.3, 0.4) is 0 Å². The summed E-state index contributed by atoms with van der Waals surface area (Å²) in [7, 11) is 0. The van der Waals surface area contributed by atoms with E-state index < -0.39 is 0 Å². The number of amides is 2. The van der Waals surface area contributed by atoms with Gasteiger partial charge in [-0.15, -0.1) is 10.2 Å². The standard InChI is InChI=1S/C16H25N7O/c1-11(10-23-13(3)7-12(2)21-23)8-17-16(24)18-9-15-20-19-14-5-4-6-22(14)15/h7,11H,4-6,8-10H2,1-3H3,(H2,17,18,24). The average molecular weight is 331 g/mol. The van der Waals surface area contributed by atoms with Gasteiger partial charge in [0.15, 0.2) is 5.82 Å². The summed E-state index contributed by atoms with van der Waals surface area (Å²) in [6, 6.07) is 1.88. The van der Waals surface area contributed by atoms with Gasteiger partial charge in [-0.05, 0) is 32.3 Å². The molecule has 2 amide bonds. The Labute approximate surface area is 141 Å². The van der Waals surface area contributed by atoms with Gasteiger partial charge in [0.25, 0.3) is 0 Å². The van der Waals surface area contributed by atoms with E-state index in [0.29, 0.717) is 19.0 Å². The number of nitrogens with one attached hydrogen (secondary N) is 2. The quantitative estimate of drug-likeness (QED) is 0.831. The minimum atomic E-state index is -0.175. The molecular formula is C16H25N7O. The number of aromatic nitrogens is 5. The number of urea groups is 1. The first-order chi connectivity index (χ1) is 11.5. The van der Waals surface area contributed by atoms with Crippen molar-refractivity contribution in [2.45, 2.75) is 53.2 Å². The molecule has 1 atom stereocenters. The highest BCUT2D eigenvalue weighted by atomic mass is 16.2. The van der Waals surface area contributed by atoms with Gasteiger partial charge in [0.2, 0.25) is 0 Å². The van der Waals surface area contributed by atoms with E-state index in [4.69, 9.17) is 0 Å². The maximum atomic E-state index is 12.0. The van der Waals surface area contributed by atoms with Crippen LogP contribution in [0.25, 0.3) is 0 Å². The van der Waals surface area contributed by atoms with E-state index in [1.54, 1.807) is 0 Å². The summed E-state index contributed by atoms with van der Waals surface area (Å²) in [6.07, 6.45) is 2.08. The van der Waals surface area contributed by atoms with Crippen LogP contribution in [-0.2, 0) is 26.1 Å². The summed E-state index contributed by atoms with van der Waals surface area (Å²) >= 11 is 0. The highest BCUT2D eigenvalue weighted by Crippen LogP contribution is 2.13. The topological polar surface area (TPSA) is 89.7 Å².